The first-order chi connectivity index (χ1) is 9.16. The number of hydrogen-bond acceptors (Lipinski definition) is 3. The maximum atomic E-state index is 13.3. The smallest absolute Gasteiger partial charge is 0.145 e. The van der Waals surface area contributed by atoms with Crippen LogP contribution in [0.1, 0.15) is 0 Å². The van der Waals surface area contributed by atoms with Gasteiger partial charge in [0, 0.05) is 16.7 Å². The Hall–Kier alpha value is -1.20. The number of thioether (sulfide) groups is 1. The summed E-state index contributed by atoms with van der Waals surface area (Å²) in [5.41, 5.74) is 6.18. The summed E-state index contributed by atoms with van der Waals surface area (Å²) >= 11 is 4.76. The van der Waals surface area contributed by atoms with Crippen LogP contribution in [0.25, 0.3) is 0 Å². The van der Waals surface area contributed by atoms with Crippen LogP contribution in [-0.2, 0) is 0 Å². The predicted molar refractivity (Wildman–Crippen MR) is 81.2 cm³/mol. The molecule has 0 heterocycles. The molecule has 100 valence electrons. The monoisotopic (exact) mass is 341 g/mol. The molecule has 2 rings (SSSR count). The number of nitrogen functional groups attached to an aromatic ring is 1. The van der Waals surface area contributed by atoms with Crippen LogP contribution in [0.5, 0.6) is 5.75 Å². The summed E-state index contributed by atoms with van der Waals surface area (Å²) in [4.78, 5) is 1.18. The van der Waals surface area contributed by atoms with E-state index in [0.717, 1.165) is 5.75 Å². The Morgan fingerprint density at radius 2 is 1.95 bits per heavy atom. The molecule has 0 bridgehead atoms. The van der Waals surface area contributed by atoms with E-state index in [-0.39, 0.29) is 5.82 Å². The number of benzene rings is 2. The van der Waals surface area contributed by atoms with E-state index in [1.165, 1.54) is 17.0 Å². The highest BCUT2D eigenvalue weighted by molar-refractivity contribution is 9.10. The first-order valence-electron chi connectivity index (χ1n) is 5.72. The normalized spacial score (nSPS) is 10.4. The molecule has 0 aliphatic rings. The van der Waals surface area contributed by atoms with Crippen LogP contribution in [0.15, 0.2) is 51.8 Å². The molecule has 0 fully saturated rings. The zero-order chi connectivity index (χ0) is 13.7. The molecular weight excluding hydrogens is 329 g/mol. The topological polar surface area (TPSA) is 35.2 Å². The van der Waals surface area contributed by atoms with Crippen LogP contribution in [0.2, 0.25) is 0 Å². The van der Waals surface area contributed by atoms with E-state index >= 15 is 0 Å². The van der Waals surface area contributed by atoms with Crippen LogP contribution in [-0.4, -0.2) is 12.4 Å². The van der Waals surface area contributed by atoms with Crippen molar-refractivity contribution in [1.82, 2.24) is 0 Å². The highest BCUT2D eigenvalue weighted by atomic mass is 79.9. The van der Waals surface area contributed by atoms with Crippen LogP contribution in [0.4, 0.5) is 10.1 Å². The van der Waals surface area contributed by atoms with E-state index in [2.05, 4.69) is 15.9 Å². The van der Waals surface area contributed by atoms with E-state index in [9.17, 15) is 4.39 Å². The lowest BCUT2D eigenvalue weighted by Gasteiger charge is -2.09. The van der Waals surface area contributed by atoms with Gasteiger partial charge in [-0.05, 0) is 34.1 Å². The SMILES string of the molecule is Nc1cc(Br)c(F)cc1OCCSc1ccccc1. The van der Waals surface area contributed by atoms with Crippen molar-refractivity contribution in [3.8, 4) is 5.75 Å². The van der Waals surface area contributed by atoms with Crippen molar-refractivity contribution in [2.24, 2.45) is 0 Å². The molecule has 0 spiro atoms. The zero-order valence-electron chi connectivity index (χ0n) is 10.1. The average molecular weight is 342 g/mol. The highest BCUT2D eigenvalue weighted by Crippen LogP contribution is 2.28. The van der Waals surface area contributed by atoms with Gasteiger partial charge in [-0.25, -0.2) is 4.39 Å². The van der Waals surface area contributed by atoms with E-state index < -0.39 is 0 Å². The third kappa shape index (κ3) is 4.14. The Morgan fingerprint density at radius 1 is 1.21 bits per heavy atom. The second-order valence-corrected chi connectivity index (χ2v) is 5.84. The standard InChI is InChI=1S/C14H13BrFNOS/c15-11-8-13(17)14(9-12(11)16)18-6-7-19-10-4-2-1-3-5-10/h1-5,8-9H,6-7,17H2. The molecule has 0 unspecified atom stereocenters. The minimum atomic E-state index is -0.375. The molecule has 0 radical (unpaired) electrons. The molecule has 0 saturated carbocycles. The van der Waals surface area contributed by atoms with Crippen molar-refractivity contribution < 1.29 is 9.13 Å². The van der Waals surface area contributed by atoms with Gasteiger partial charge in [-0.15, -0.1) is 11.8 Å². The van der Waals surface area contributed by atoms with Gasteiger partial charge in [0.1, 0.15) is 11.6 Å². The first kappa shape index (κ1) is 14.2. The molecule has 2 nitrogen and oxygen atoms in total. The summed E-state index contributed by atoms with van der Waals surface area (Å²) in [5.74, 6) is 0.787. The maximum Gasteiger partial charge on any atom is 0.145 e. The van der Waals surface area contributed by atoms with Crippen molar-refractivity contribution in [2.45, 2.75) is 4.90 Å². The largest absolute Gasteiger partial charge is 0.490 e. The van der Waals surface area contributed by atoms with Gasteiger partial charge < -0.3 is 10.5 Å². The molecule has 2 aromatic carbocycles. The maximum absolute atomic E-state index is 13.3. The van der Waals surface area contributed by atoms with Crippen molar-refractivity contribution in [1.29, 1.82) is 0 Å². The van der Waals surface area contributed by atoms with E-state index in [4.69, 9.17) is 10.5 Å². The molecular formula is C14H13BrFNOS. The average Bonchev–Trinajstić information content (AvgIpc) is 2.41. The van der Waals surface area contributed by atoms with Crippen molar-refractivity contribution in [3.05, 3.63) is 52.8 Å². The lowest BCUT2D eigenvalue weighted by atomic mass is 10.3. The van der Waals surface area contributed by atoms with Crippen LogP contribution >= 0.6 is 27.7 Å². The highest BCUT2D eigenvalue weighted by Gasteiger charge is 2.06. The number of nitrogens with two attached hydrogens (primary N) is 1. The molecule has 19 heavy (non-hydrogen) atoms. The fourth-order valence-electron chi connectivity index (χ4n) is 1.50. The van der Waals surface area contributed by atoms with Gasteiger partial charge in [0.2, 0.25) is 0 Å². The van der Waals surface area contributed by atoms with E-state index in [1.54, 1.807) is 11.8 Å². The van der Waals surface area contributed by atoms with Gasteiger partial charge >= 0.3 is 0 Å². The zero-order valence-corrected chi connectivity index (χ0v) is 12.5. The summed E-state index contributed by atoms with van der Waals surface area (Å²) in [6, 6.07) is 12.8. The summed E-state index contributed by atoms with van der Waals surface area (Å²) in [6.07, 6.45) is 0. The van der Waals surface area contributed by atoms with Gasteiger partial charge in [0.25, 0.3) is 0 Å². The fraction of sp³-hybridized carbons (Fsp3) is 0.143. The van der Waals surface area contributed by atoms with Gasteiger partial charge in [-0.1, -0.05) is 18.2 Å². The second kappa shape index (κ2) is 6.82. The number of ether oxygens (including phenoxy) is 1. The Balaban J connectivity index is 1.85. The predicted octanol–water partition coefficient (Wildman–Crippen LogP) is 4.34. The second-order valence-electron chi connectivity index (χ2n) is 3.81. The van der Waals surface area contributed by atoms with Crippen molar-refractivity contribution >= 4 is 33.4 Å². The summed E-state index contributed by atoms with van der Waals surface area (Å²) in [5, 5.41) is 0. The lowest BCUT2D eigenvalue weighted by Crippen LogP contribution is -2.03. The number of anilines is 1. The molecule has 0 aliphatic carbocycles. The van der Waals surface area contributed by atoms with Gasteiger partial charge in [0.05, 0.1) is 16.8 Å². The minimum Gasteiger partial charge on any atom is -0.490 e. The summed E-state index contributed by atoms with van der Waals surface area (Å²) in [6.45, 7) is 0.477. The van der Waals surface area contributed by atoms with Gasteiger partial charge in [-0.3, -0.25) is 0 Å². The third-order valence-electron chi connectivity index (χ3n) is 2.41. The Labute approximate surface area is 124 Å². The molecule has 5 heteroatoms. The molecule has 0 amide bonds. The summed E-state index contributed by atoms with van der Waals surface area (Å²) < 4.78 is 19.2. The van der Waals surface area contributed by atoms with Crippen LogP contribution < -0.4 is 10.5 Å². The number of halogens is 2. The fourth-order valence-corrected chi connectivity index (χ4v) is 2.61. The van der Waals surface area contributed by atoms with E-state index in [0.29, 0.717) is 22.5 Å². The first-order valence-corrected chi connectivity index (χ1v) is 7.50. The molecule has 2 N–H and O–H groups in total. The molecule has 0 atom stereocenters. The quantitative estimate of drug-likeness (QED) is 0.499. The Kier molecular flexibility index (Phi) is 5.10. The van der Waals surface area contributed by atoms with E-state index in [1.807, 2.05) is 30.3 Å². The Morgan fingerprint density at radius 3 is 2.68 bits per heavy atom. The number of hydrogen-bond donors (Lipinski definition) is 1. The Bertz CT molecular complexity index is 551. The van der Waals surface area contributed by atoms with Gasteiger partial charge in [-0.2, -0.15) is 0 Å². The summed E-state index contributed by atoms with van der Waals surface area (Å²) in [7, 11) is 0. The van der Waals surface area contributed by atoms with Crippen LogP contribution in [0, 0.1) is 5.82 Å². The number of rotatable bonds is 5. The lowest BCUT2D eigenvalue weighted by molar-refractivity contribution is 0.343. The van der Waals surface area contributed by atoms with Gasteiger partial charge in [0.15, 0.2) is 0 Å². The molecule has 0 aliphatic heterocycles. The molecule has 0 saturated heterocycles. The van der Waals surface area contributed by atoms with Crippen molar-refractivity contribution in [3.63, 3.8) is 0 Å². The van der Waals surface area contributed by atoms with Crippen molar-refractivity contribution in [2.75, 3.05) is 18.1 Å². The third-order valence-corrected chi connectivity index (χ3v) is 3.99. The van der Waals surface area contributed by atoms with Crippen LogP contribution in [0.3, 0.4) is 0 Å². The molecule has 2 aromatic rings. The minimum absolute atomic E-state index is 0.344. The molecule has 0 aromatic heterocycles.